The molecule has 0 radical (unpaired) electrons. The fourth-order valence-corrected chi connectivity index (χ4v) is 4.26. The van der Waals surface area contributed by atoms with Crippen molar-refractivity contribution in [2.24, 2.45) is 11.1 Å². The number of hydrogen-bond donors (Lipinski definition) is 3. The van der Waals surface area contributed by atoms with E-state index in [0.717, 1.165) is 0 Å². The molecule has 9 nitrogen and oxygen atoms in total. The van der Waals surface area contributed by atoms with Crippen molar-refractivity contribution in [3.63, 3.8) is 0 Å². The number of hydrogen-bond acceptors (Lipinski definition) is 5. The fraction of sp³-hybridized carbons (Fsp3) is 0.333. The number of primary amides is 1. The molecule has 3 heterocycles. The quantitative estimate of drug-likeness (QED) is 0.564. The van der Waals surface area contributed by atoms with Crippen molar-refractivity contribution in [3.05, 3.63) is 45.1 Å². The molecule has 2 aromatic heterocycles. The summed E-state index contributed by atoms with van der Waals surface area (Å²) in [7, 11) is 1.52. The van der Waals surface area contributed by atoms with E-state index in [1.54, 1.807) is 15.3 Å². The molecule has 0 unspecified atom stereocenters. The topological polar surface area (TPSA) is 132 Å². The van der Waals surface area contributed by atoms with Gasteiger partial charge in [-0.15, -0.1) is 0 Å². The first-order chi connectivity index (χ1) is 14.5. The lowest BCUT2D eigenvalue weighted by Gasteiger charge is -2.13. The van der Waals surface area contributed by atoms with Gasteiger partial charge in [-0.2, -0.15) is 0 Å². The Morgan fingerprint density at radius 2 is 2.06 bits per heavy atom. The van der Waals surface area contributed by atoms with Crippen LogP contribution in [0.1, 0.15) is 30.0 Å². The number of nitrogens with two attached hydrogens (primary N) is 1. The summed E-state index contributed by atoms with van der Waals surface area (Å²) < 4.78 is 3.24. The van der Waals surface area contributed by atoms with Gasteiger partial charge in [0, 0.05) is 31.8 Å². The number of fused-ring (bicyclic) bond motifs is 2. The average molecular weight is 444 g/mol. The van der Waals surface area contributed by atoms with Crippen LogP contribution < -0.4 is 16.6 Å². The summed E-state index contributed by atoms with van der Waals surface area (Å²) in [6, 6.07) is 2.83. The molecule has 1 aliphatic heterocycles. The number of carbonyl (C=O) groups is 2. The molecular weight excluding hydrogens is 422 g/mol. The summed E-state index contributed by atoms with van der Waals surface area (Å²) >= 11 is 6.12. The average Bonchev–Trinajstić information content (AvgIpc) is 3.20. The third-order valence-corrected chi connectivity index (χ3v) is 5.80. The van der Waals surface area contributed by atoms with E-state index in [1.165, 1.54) is 19.2 Å². The number of nitrogens with one attached hydrogen (secondary N) is 1. The number of likely N-dealkylation sites (N-methyl/N-ethyl adjacent to an activating group) is 1. The summed E-state index contributed by atoms with van der Waals surface area (Å²) in [5.41, 5.74) is 6.08. The Morgan fingerprint density at radius 1 is 1.35 bits per heavy atom. The molecule has 31 heavy (non-hydrogen) atoms. The van der Waals surface area contributed by atoms with Gasteiger partial charge < -0.3 is 20.7 Å². The van der Waals surface area contributed by atoms with Crippen LogP contribution in [0.2, 0.25) is 5.02 Å². The Morgan fingerprint density at radius 3 is 2.71 bits per heavy atom. The van der Waals surface area contributed by atoms with Crippen LogP contribution in [0.15, 0.2) is 23.1 Å². The molecule has 162 valence electrons. The zero-order valence-corrected chi connectivity index (χ0v) is 18.1. The Balaban J connectivity index is 2.04. The van der Waals surface area contributed by atoms with Gasteiger partial charge in [0.2, 0.25) is 5.91 Å². The van der Waals surface area contributed by atoms with Crippen molar-refractivity contribution in [3.8, 4) is 16.9 Å². The van der Waals surface area contributed by atoms with Crippen LogP contribution in [0.3, 0.4) is 0 Å². The van der Waals surface area contributed by atoms with E-state index >= 15 is 0 Å². The normalized spacial score (nSPS) is 14.6. The number of carbonyl (C=O) groups excluding carboxylic acids is 2. The van der Waals surface area contributed by atoms with E-state index in [4.69, 9.17) is 22.3 Å². The maximum absolute atomic E-state index is 13.5. The number of aromatic nitrogens is 3. The second kappa shape index (κ2) is 7.12. The number of phenols is 1. The second-order valence-electron chi connectivity index (χ2n) is 8.52. The Labute approximate surface area is 182 Å². The highest BCUT2D eigenvalue weighted by Crippen LogP contribution is 2.37. The lowest BCUT2D eigenvalue weighted by atomic mass is 9.92. The summed E-state index contributed by atoms with van der Waals surface area (Å²) in [4.78, 5) is 42.0. The molecule has 0 saturated heterocycles. The van der Waals surface area contributed by atoms with Crippen molar-refractivity contribution in [2.75, 3.05) is 7.05 Å². The van der Waals surface area contributed by atoms with Gasteiger partial charge in [-0.05, 0) is 23.1 Å². The van der Waals surface area contributed by atoms with Gasteiger partial charge in [-0.1, -0.05) is 25.4 Å². The second-order valence-corrected chi connectivity index (χ2v) is 8.93. The molecule has 2 amide bonds. The zero-order valence-electron chi connectivity index (χ0n) is 17.3. The van der Waals surface area contributed by atoms with E-state index in [9.17, 15) is 19.5 Å². The predicted octanol–water partition coefficient (Wildman–Crippen LogP) is 1.65. The zero-order chi connectivity index (χ0) is 22.7. The molecule has 4 N–H and O–H groups in total. The molecule has 1 aliphatic rings. The largest absolute Gasteiger partial charge is 0.506 e. The monoisotopic (exact) mass is 443 g/mol. The van der Waals surface area contributed by atoms with Crippen LogP contribution in [-0.4, -0.2) is 38.1 Å². The molecule has 3 aromatic rings. The highest BCUT2D eigenvalue weighted by Gasteiger charge is 2.32. The molecule has 0 spiro atoms. The van der Waals surface area contributed by atoms with Crippen LogP contribution in [0.25, 0.3) is 22.2 Å². The first-order valence-corrected chi connectivity index (χ1v) is 10.1. The lowest BCUT2D eigenvalue weighted by Crippen LogP contribution is -2.25. The van der Waals surface area contributed by atoms with Gasteiger partial charge in [0.25, 0.3) is 11.5 Å². The summed E-state index contributed by atoms with van der Waals surface area (Å²) in [5, 5.41) is 12.9. The van der Waals surface area contributed by atoms with Crippen molar-refractivity contribution < 1.29 is 14.7 Å². The van der Waals surface area contributed by atoms with Crippen LogP contribution in [0.5, 0.6) is 5.75 Å². The Kier molecular flexibility index (Phi) is 4.81. The minimum atomic E-state index is -0.854. The summed E-state index contributed by atoms with van der Waals surface area (Å²) in [5.74, 6) is -0.878. The number of benzene rings is 1. The molecule has 0 saturated carbocycles. The molecule has 0 aliphatic carbocycles. The molecule has 0 fully saturated rings. The Bertz CT molecular complexity index is 1320. The van der Waals surface area contributed by atoms with Crippen molar-refractivity contribution in [2.45, 2.75) is 33.4 Å². The SMILES string of the molecule is CNC(=O)Cn1cc(-c2cc(Cl)c(O)c(C(N)=O)c2)c2c(=O)n3c(nc21)CC(C)(C)C3. The lowest BCUT2D eigenvalue weighted by molar-refractivity contribution is -0.121. The van der Waals surface area contributed by atoms with E-state index in [-0.39, 0.29) is 34.0 Å². The van der Waals surface area contributed by atoms with Crippen LogP contribution in [-0.2, 0) is 24.3 Å². The molecule has 4 rings (SSSR count). The van der Waals surface area contributed by atoms with Crippen molar-refractivity contribution >= 4 is 34.4 Å². The minimum absolute atomic E-state index is 0.0409. The molecule has 0 bridgehead atoms. The summed E-state index contributed by atoms with van der Waals surface area (Å²) in [6.07, 6.45) is 2.26. The number of aromatic hydroxyl groups is 1. The van der Waals surface area contributed by atoms with E-state index in [0.29, 0.717) is 41.0 Å². The van der Waals surface area contributed by atoms with Gasteiger partial charge in [-0.3, -0.25) is 19.0 Å². The number of rotatable bonds is 4. The van der Waals surface area contributed by atoms with E-state index < -0.39 is 11.7 Å². The van der Waals surface area contributed by atoms with Gasteiger partial charge in [0.05, 0.1) is 16.0 Å². The molecule has 10 heteroatoms. The number of amides is 2. The van der Waals surface area contributed by atoms with E-state index in [1.807, 2.05) is 0 Å². The maximum atomic E-state index is 13.5. The van der Waals surface area contributed by atoms with Gasteiger partial charge >= 0.3 is 0 Å². The highest BCUT2D eigenvalue weighted by molar-refractivity contribution is 6.33. The molecule has 1 aromatic carbocycles. The van der Waals surface area contributed by atoms with Crippen LogP contribution in [0, 0.1) is 5.41 Å². The predicted molar refractivity (Wildman–Crippen MR) is 116 cm³/mol. The smallest absolute Gasteiger partial charge is 0.263 e. The standard InChI is InChI=1S/C21H22ClN5O4/c1-21(2)6-14-25-19-16(20(31)27(14)9-21)12(7-26(19)8-15(28)24-3)10-4-11(18(23)30)17(29)13(22)5-10/h4-5,7,29H,6,8-9H2,1-3H3,(H2,23,30)(H,24,28). The van der Waals surface area contributed by atoms with Crippen molar-refractivity contribution in [1.29, 1.82) is 0 Å². The third-order valence-electron chi connectivity index (χ3n) is 5.51. The fourth-order valence-electron chi connectivity index (χ4n) is 4.04. The highest BCUT2D eigenvalue weighted by atomic mass is 35.5. The Hall–Kier alpha value is -3.33. The third kappa shape index (κ3) is 3.44. The van der Waals surface area contributed by atoms with Gasteiger partial charge in [0.1, 0.15) is 23.8 Å². The number of halogens is 1. The first-order valence-electron chi connectivity index (χ1n) is 9.68. The first kappa shape index (κ1) is 20.9. The summed E-state index contributed by atoms with van der Waals surface area (Å²) in [6.45, 7) is 4.60. The minimum Gasteiger partial charge on any atom is -0.506 e. The van der Waals surface area contributed by atoms with E-state index in [2.05, 4.69) is 19.2 Å². The van der Waals surface area contributed by atoms with Gasteiger partial charge in [-0.25, -0.2) is 4.98 Å². The van der Waals surface area contributed by atoms with Crippen molar-refractivity contribution in [1.82, 2.24) is 19.4 Å². The van der Waals surface area contributed by atoms with Gasteiger partial charge in [0.15, 0.2) is 0 Å². The maximum Gasteiger partial charge on any atom is 0.263 e. The van der Waals surface area contributed by atoms with Crippen LogP contribution >= 0.6 is 11.6 Å². The molecular formula is C21H22ClN5O4. The number of nitrogens with zero attached hydrogens (tertiary/aromatic N) is 3. The molecule has 0 atom stereocenters. The van der Waals surface area contributed by atoms with Crippen LogP contribution in [0.4, 0.5) is 0 Å².